The summed E-state index contributed by atoms with van der Waals surface area (Å²) in [5, 5.41) is 0. The number of benzene rings is 1. The molecule has 5 heteroatoms. The highest BCUT2D eigenvalue weighted by Crippen LogP contribution is 2.12. The lowest BCUT2D eigenvalue weighted by atomic mass is 10.2. The fourth-order valence-corrected chi connectivity index (χ4v) is 1.16. The normalized spacial score (nSPS) is 9.29. The molecule has 74 valence electrons. The number of hydrogen-bond acceptors (Lipinski definition) is 4. The van der Waals surface area contributed by atoms with Gasteiger partial charge in [-0.1, -0.05) is 22.0 Å². The first-order chi connectivity index (χ1) is 6.59. The Kier molecular flexibility index (Phi) is 3.64. The van der Waals surface area contributed by atoms with E-state index in [2.05, 4.69) is 25.7 Å². The number of halogens is 1. The van der Waals surface area contributed by atoms with Gasteiger partial charge in [0.2, 0.25) is 0 Å². The molecule has 0 amide bonds. The van der Waals surface area contributed by atoms with E-state index in [1.807, 2.05) is 0 Å². The van der Waals surface area contributed by atoms with Gasteiger partial charge in [0, 0.05) is 11.4 Å². The van der Waals surface area contributed by atoms with Gasteiger partial charge in [-0.3, -0.25) is 0 Å². The first kappa shape index (κ1) is 10.7. The van der Waals surface area contributed by atoms with Gasteiger partial charge in [0.1, 0.15) is 0 Å². The fraction of sp³-hybridized carbons (Fsp3) is 0.111. The molecule has 1 aromatic carbocycles. The van der Waals surface area contributed by atoms with Crippen molar-refractivity contribution in [2.75, 3.05) is 0 Å². The molecule has 0 saturated carbocycles. The molecule has 0 unspecified atom stereocenters. The molecule has 0 heterocycles. The molecule has 0 bridgehead atoms. The van der Waals surface area contributed by atoms with Gasteiger partial charge in [-0.15, -0.1) is 0 Å². The minimum absolute atomic E-state index is 0.306. The third-order valence-corrected chi connectivity index (χ3v) is 1.79. The molecule has 4 nitrogen and oxygen atoms in total. The minimum Gasteiger partial charge on any atom is -0.248 e. The third kappa shape index (κ3) is 3.18. The Morgan fingerprint density at radius 2 is 2.00 bits per heavy atom. The van der Waals surface area contributed by atoms with Crippen LogP contribution in [0.15, 0.2) is 28.7 Å². The predicted molar refractivity (Wildman–Crippen MR) is 51.3 cm³/mol. The fourth-order valence-electron chi connectivity index (χ4n) is 0.760. The number of hydrogen-bond donors (Lipinski definition) is 0. The van der Waals surface area contributed by atoms with E-state index in [0.717, 1.165) is 11.4 Å². The molecule has 0 aliphatic heterocycles. The van der Waals surface area contributed by atoms with Crippen LogP contribution in [0.5, 0.6) is 0 Å². The van der Waals surface area contributed by atoms with Crippen molar-refractivity contribution in [1.82, 2.24) is 0 Å². The summed E-state index contributed by atoms with van der Waals surface area (Å²) in [6.07, 6.45) is 0. The van der Waals surface area contributed by atoms with Crippen LogP contribution in [0, 0.1) is 0 Å². The molecule has 0 saturated heterocycles. The molecule has 14 heavy (non-hydrogen) atoms. The number of carbonyl (C=O) groups excluding carboxylic acids is 2. The summed E-state index contributed by atoms with van der Waals surface area (Å²) in [4.78, 5) is 29.8. The Bertz CT molecular complexity index is 362. The van der Waals surface area contributed by atoms with Gasteiger partial charge in [-0.05, 0) is 18.2 Å². The number of rotatable bonds is 1. The average Bonchev–Trinajstić information content (AvgIpc) is 2.14. The van der Waals surface area contributed by atoms with Crippen molar-refractivity contribution in [2.45, 2.75) is 6.92 Å². The van der Waals surface area contributed by atoms with Crippen LogP contribution in [0.4, 0.5) is 0 Å². The van der Waals surface area contributed by atoms with E-state index in [0.29, 0.717) is 5.56 Å². The first-order valence-corrected chi connectivity index (χ1v) is 4.54. The van der Waals surface area contributed by atoms with Crippen LogP contribution >= 0.6 is 15.9 Å². The van der Waals surface area contributed by atoms with Crippen LogP contribution in [0.25, 0.3) is 0 Å². The lowest BCUT2D eigenvalue weighted by Gasteiger charge is -2.00. The predicted octanol–water partition coefficient (Wildman–Crippen LogP) is 2.08. The van der Waals surface area contributed by atoms with Crippen LogP contribution in [0.3, 0.4) is 0 Å². The maximum Gasteiger partial charge on any atom is 0.386 e. The molecule has 0 spiro atoms. The average molecular weight is 259 g/mol. The Labute approximate surface area is 88.9 Å². The molecule has 0 radical (unpaired) electrons. The van der Waals surface area contributed by atoms with Crippen LogP contribution in [-0.2, 0) is 14.6 Å². The molecule has 0 N–H and O–H groups in total. The summed E-state index contributed by atoms with van der Waals surface area (Å²) in [6, 6.07) is 6.56. The lowest BCUT2D eigenvalue weighted by molar-refractivity contribution is -0.231. The summed E-state index contributed by atoms with van der Waals surface area (Å²) in [5.41, 5.74) is 0.306. The van der Waals surface area contributed by atoms with Crippen molar-refractivity contribution in [3.8, 4) is 0 Å². The van der Waals surface area contributed by atoms with Crippen molar-refractivity contribution >= 4 is 27.9 Å². The van der Waals surface area contributed by atoms with E-state index < -0.39 is 11.9 Å². The molecular formula is C9H7BrO4. The van der Waals surface area contributed by atoms with E-state index >= 15 is 0 Å². The Hall–Kier alpha value is -1.36. The largest absolute Gasteiger partial charge is 0.386 e. The molecule has 1 rings (SSSR count). The Morgan fingerprint density at radius 1 is 1.29 bits per heavy atom. The maximum absolute atomic E-state index is 11.2. The zero-order valence-corrected chi connectivity index (χ0v) is 8.91. The second-order valence-corrected chi connectivity index (χ2v) is 3.37. The molecule has 0 aliphatic rings. The smallest absolute Gasteiger partial charge is 0.248 e. The minimum atomic E-state index is -0.707. The van der Waals surface area contributed by atoms with Crippen LogP contribution in [0.2, 0.25) is 0 Å². The van der Waals surface area contributed by atoms with Gasteiger partial charge in [0.05, 0.1) is 5.56 Å². The zero-order valence-electron chi connectivity index (χ0n) is 7.32. The third-order valence-electron chi connectivity index (χ3n) is 1.30. The summed E-state index contributed by atoms with van der Waals surface area (Å²) in [7, 11) is 0. The number of carbonyl (C=O) groups is 2. The SMILES string of the molecule is CC(=O)OOC(=O)c1cccc(Br)c1. The summed E-state index contributed by atoms with van der Waals surface area (Å²) < 4.78 is 0.745. The lowest BCUT2D eigenvalue weighted by Crippen LogP contribution is -2.08. The molecular weight excluding hydrogens is 252 g/mol. The van der Waals surface area contributed by atoms with Crippen molar-refractivity contribution in [3.63, 3.8) is 0 Å². The van der Waals surface area contributed by atoms with E-state index in [1.54, 1.807) is 24.3 Å². The monoisotopic (exact) mass is 258 g/mol. The van der Waals surface area contributed by atoms with E-state index in [4.69, 9.17) is 0 Å². The van der Waals surface area contributed by atoms with E-state index in [9.17, 15) is 9.59 Å². The van der Waals surface area contributed by atoms with Crippen LogP contribution < -0.4 is 0 Å². The second kappa shape index (κ2) is 4.76. The molecule has 0 atom stereocenters. The van der Waals surface area contributed by atoms with Gasteiger partial charge in [0.15, 0.2) is 0 Å². The highest BCUT2D eigenvalue weighted by molar-refractivity contribution is 9.10. The quantitative estimate of drug-likeness (QED) is 0.572. The van der Waals surface area contributed by atoms with Crippen molar-refractivity contribution < 1.29 is 19.4 Å². The van der Waals surface area contributed by atoms with Crippen LogP contribution in [-0.4, -0.2) is 11.9 Å². The zero-order chi connectivity index (χ0) is 10.6. The summed E-state index contributed by atoms with van der Waals surface area (Å²) in [5.74, 6) is -1.38. The maximum atomic E-state index is 11.2. The van der Waals surface area contributed by atoms with Crippen LogP contribution in [0.1, 0.15) is 17.3 Å². The van der Waals surface area contributed by atoms with Gasteiger partial charge < -0.3 is 0 Å². The molecule has 0 aromatic heterocycles. The topological polar surface area (TPSA) is 52.6 Å². The standard InChI is InChI=1S/C9H7BrO4/c1-6(11)13-14-9(12)7-3-2-4-8(10)5-7/h2-5H,1H3. The van der Waals surface area contributed by atoms with Gasteiger partial charge in [0.25, 0.3) is 0 Å². The second-order valence-electron chi connectivity index (χ2n) is 2.46. The summed E-state index contributed by atoms with van der Waals surface area (Å²) >= 11 is 3.19. The molecule has 1 aromatic rings. The highest BCUT2D eigenvalue weighted by atomic mass is 79.9. The van der Waals surface area contributed by atoms with E-state index in [1.165, 1.54) is 0 Å². The van der Waals surface area contributed by atoms with Crippen molar-refractivity contribution in [3.05, 3.63) is 34.3 Å². The Balaban J connectivity index is 2.65. The van der Waals surface area contributed by atoms with Crippen molar-refractivity contribution in [1.29, 1.82) is 0 Å². The highest BCUT2D eigenvalue weighted by Gasteiger charge is 2.09. The van der Waals surface area contributed by atoms with Crippen molar-refractivity contribution in [2.24, 2.45) is 0 Å². The summed E-state index contributed by atoms with van der Waals surface area (Å²) in [6.45, 7) is 1.15. The Morgan fingerprint density at radius 3 is 2.57 bits per heavy atom. The molecule has 0 fully saturated rings. The molecule has 0 aliphatic carbocycles. The first-order valence-electron chi connectivity index (χ1n) is 3.74. The van der Waals surface area contributed by atoms with E-state index in [-0.39, 0.29) is 0 Å². The van der Waals surface area contributed by atoms with Gasteiger partial charge in [-0.25, -0.2) is 19.4 Å². The van der Waals surface area contributed by atoms with Gasteiger partial charge in [-0.2, -0.15) is 0 Å². The van der Waals surface area contributed by atoms with Gasteiger partial charge >= 0.3 is 11.9 Å².